The molecule has 0 aromatic carbocycles. The maximum absolute atomic E-state index is 5.75. The second-order valence-corrected chi connectivity index (χ2v) is 2.86. The Bertz CT molecular complexity index is 419. The highest BCUT2D eigenvalue weighted by Crippen LogP contribution is 2.14. The van der Waals surface area contributed by atoms with Gasteiger partial charge in [-0.25, -0.2) is 4.98 Å². The summed E-state index contributed by atoms with van der Waals surface area (Å²) < 4.78 is 1.88. The molecule has 2 N–H and O–H groups in total. The van der Waals surface area contributed by atoms with Crippen LogP contribution in [0, 0.1) is 6.92 Å². The van der Waals surface area contributed by atoms with Crippen molar-refractivity contribution in [2.45, 2.75) is 6.92 Å². The van der Waals surface area contributed by atoms with Gasteiger partial charge in [0.25, 0.3) is 0 Å². The maximum Gasteiger partial charge on any atom is 0.0995 e. The highest BCUT2D eigenvalue weighted by atomic mass is 15.0. The van der Waals surface area contributed by atoms with E-state index in [9.17, 15) is 0 Å². The Morgan fingerprint density at radius 1 is 1.46 bits per heavy atom. The number of anilines is 1. The Morgan fingerprint density at radius 2 is 2.31 bits per heavy atom. The number of pyridine rings is 1. The van der Waals surface area contributed by atoms with Gasteiger partial charge in [0, 0.05) is 12.4 Å². The summed E-state index contributed by atoms with van der Waals surface area (Å²) in [5, 5.41) is 0. The SMILES string of the molecule is Cc1cn(-c2ccncc2N)cn1. The molecular weight excluding hydrogens is 164 g/mol. The molecule has 2 heterocycles. The van der Waals surface area contributed by atoms with E-state index < -0.39 is 0 Å². The molecule has 2 rings (SSSR count). The monoisotopic (exact) mass is 174 g/mol. The van der Waals surface area contributed by atoms with Gasteiger partial charge in [-0.1, -0.05) is 0 Å². The number of hydrogen-bond acceptors (Lipinski definition) is 3. The fourth-order valence-electron chi connectivity index (χ4n) is 1.19. The molecule has 4 nitrogen and oxygen atoms in total. The Morgan fingerprint density at radius 3 is 2.92 bits per heavy atom. The van der Waals surface area contributed by atoms with Gasteiger partial charge in [-0.15, -0.1) is 0 Å². The molecule has 0 radical (unpaired) electrons. The zero-order chi connectivity index (χ0) is 9.26. The molecule has 0 bridgehead atoms. The van der Waals surface area contributed by atoms with Crippen molar-refractivity contribution < 1.29 is 0 Å². The number of nitrogens with zero attached hydrogens (tertiary/aromatic N) is 3. The lowest BCUT2D eigenvalue weighted by atomic mass is 10.3. The molecule has 2 aromatic rings. The van der Waals surface area contributed by atoms with Crippen LogP contribution in [-0.4, -0.2) is 14.5 Å². The van der Waals surface area contributed by atoms with Gasteiger partial charge in [-0.3, -0.25) is 4.98 Å². The lowest BCUT2D eigenvalue weighted by molar-refractivity contribution is 1.05. The van der Waals surface area contributed by atoms with Gasteiger partial charge in [0.2, 0.25) is 0 Å². The molecule has 0 saturated heterocycles. The zero-order valence-electron chi connectivity index (χ0n) is 7.31. The summed E-state index contributed by atoms with van der Waals surface area (Å²) in [5.41, 5.74) is 8.28. The summed E-state index contributed by atoms with van der Waals surface area (Å²) in [6, 6.07) is 1.86. The Kier molecular flexibility index (Phi) is 1.73. The van der Waals surface area contributed by atoms with Gasteiger partial charge >= 0.3 is 0 Å². The molecule has 66 valence electrons. The minimum atomic E-state index is 0.653. The van der Waals surface area contributed by atoms with Crippen molar-refractivity contribution in [3.63, 3.8) is 0 Å². The maximum atomic E-state index is 5.75. The molecule has 0 unspecified atom stereocenters. The quantitative estimate of drug-likeness (QED) is 0.705. The molecule has 0 spiro atoms. The van der Waals surface area contributed by atoms with E-state index in [1.54, 1.807) is 18.7 Å². The van der Waals surface area contributed by atoms with E-state index in [0.29, 0.717) is 5.69 Å². The number of rotatable bonds is 1. The summed E-state index contributed by atoms with van der Waals surface area (Å²) in [6.45, 7) is 1.94. The van der Waals surface area contributed by atoms with Crippen molar-refractivity contribution in [1.82, 2.24) is 14.5 Å². The normalized spacial score (nSPS) is 10.2. The van der Waals surface area contributed by atoms with Gasteiger partial charge < -0.3 is 10.3 Å². The number of imidazole rings is 1. The van der Waals surface area contributed by atoms with Crippen LogP contribution in [0.5, 0.6) is 0 Å². The Balaban J connectivity index is 2.52. The fourth-order valence-corrected chi connectivity index (χ4v) is 1.19. The average Bonchev–Trinajstić information content (AvgIpc) is 2.53. The first-order valence-corrected chi connectivity index (χ1v) is 3.98. The molecule has 4 heteroatoms. The first kappa shape index (κ1) is 7.79. The van der Waals surface area contributed by atoms with Crippen LogP contribution in [0.1, 0.15) is 5.69 Å². The van der Waals surface area contributed by atoms with Crippen molar-refractivity contribution in [2.24, 2.45) is 0 Å². The molecule has 0 fully saturated rings. The van der Waals surface area contributed by atoms with E-state index in [1.165, 1.54) is 0 Å². The van der Waals surface area contributed by atoms with E-state index in [2.05, 4.69) is 9.97 Å². The first-order valence-electron chi connectivity index (χ1n) is 3.98. The molecule has 0 amide bonds. The second kappa shape index (κ2) is 2.90. The third-order valence-corrected chi connectivity index (χ3v) is 1.82. The summed E-state index contributed by atoms with van der Waals surface area (Å²) >= 11 is 0. The highest BCUT2D eigenvalue weighted by molar-refractivity contribution is 5.55. The Labute approximate surface area is 76.1 Å². The molecule has 0 aliphatic heterocycles. The van der Waals surface area contributed by atoms with Gasteiger partial charge in [0.05, 0.1) is 29.6 Å². The van der Waals surface area contributed by atoms with E-state index in [4.69, 9.17) is 5.73 Å². The lowest BCUT2D eigenvalue weighted by Gasteiger charge is -2.03. The standard InChI is InChI=1S/C9H10N4/c1-7-5-13(6-12-7)9-2-3-11-4-8(9)10/h2-6H,10H2,1H3. The summed E-state index contributed by atoms with van der Waals surface area (Å²) in [7, 11) is 0. The average molecular weight is 174 g/mol. The third-order valence-electron chi connectivity index (χ3n) is 1.82. The number of nitrogens with two attached hydrogens (primary N) is 1. The fraction of sp³-hybridized carbons (Fsp3) is 0.111. The van der Waals surface area contributed by atoms with Gasteiger partial charge in [0.15, 0.2) is 0 Å². The van der Waals surface area contributed by atoms with Crippen molar-refractivity contribution in [3.8, 4) is 5.69 Å². The predicted octanol–water partition coefficient (Wildman–Crippen LogP) is 1.16. The Hall–Kier alpha value is -1.84. The minimum absolute atomic E-state index is 0.653. The van der Waals surface area contributed by atoms with Crippen LogP contribution in [0.4, 0.5) is 5.69 Å². The minimum Gasteiger partial charge on any atom is -0.396 e. The van der Waals surface area contributed by atoms with Crippen LogP contribution in [0.15, 0.2) is 31.0 Å². The van der Waals surface area contributed by atoms with Crippen molar-refractivity contribution in [3.05, 3.63) is 36.7 Å². The van der Waals surface area contributed by atoms with E-state index >= 15 is 0 Å². The molecule has 0 saturated carbocycles. The van der Waals surface area contributed by atoms with Crippen LogP contribution in [0.2, 0.25) is 0 Å². The predicted molar refractivity (Wildman–Crippen MR) is 50.5 cm³/mol. The van der Waals surface area contributed by atoms with Crippen LogP contribution >= 0.6 is 0 Å². The second-order valence-electron chi connectivity index (χ2n) is 2.86. The van der Waals surface area contributed by atoms with E-state index in [-0.39, 0.29) is 0 Å². The first-order chi connectivity index (χ1) is 6.27. The summed E-state index contributed by atoms with van der Waals surface area (Å²) in [6.07, 6.45) is 7.00. The van der Waals surface area contributed by atoms with Gasteiger partial charge in [-0.2, -0.15) is 0 Å². The van der Waals surface area contributed by atoms with Crippen LogP contribution in [-0.2, 0) is 0 Å². The van der Waals surface area contributed by atoms with Crippen molar-refractivity contribution in [2.75, 3.05) is 5.73 Å². The van der Waals surface area contributed by atoms with E-state index in [1.807, 2.05) is 23.8 Å². The smallest absolute Gasteiger partial charge is 0.0995 e. The number of aromatic nitrogens is 3. The van der Waals surface area contributed by atoms with Crippen molar-refractivity contribution in [1.29, 1.82) is 0 Å². The van der Waals surface area contributed by atoms with Gasteiger partial charge in [0.1, 0.15) is 0 Å². The van der Waals surface area contributed by atoms with Crippen molar-refractivity contribution >= 4 is 5.69 Å². The molecule has 0 atom stereocenters. The third kappa shape index (κ3) is 1.38. The van der Waals surface area contributed by atoms with Crippen LogP contribution in [0.3, 0.4) is 0 Å². The molecule has 0 aliphatic carbocycles. The zero-order valence-corrected chi connectivity index (χ0v) is 7.31. The number of aryl methyl sites for hydroxylation is 1. The van der Waals surface area contributed by atoms with Crippen LogP contribution in [0.25, 0.3) is 5.69 Å². The number of nitrogen functional groups attached to an aromatic ring is 1. The molecule has 0 aliphatic rings. The molecule has 13 heavy (non-hydrogen) atoms. The molecule has 2 aromatic heterocycles. The molecular formula is C9H10N4. The largest absolute Gasteiger partial charge is 0.396 e. The highest BCUT2D eigenvalue weighted by Gasteiger charge is 2.00. The summed E-state index contributed by atoms with van der Waals surface area (Å²) in [5.74, 6) is 0. The van der Waals surface area contributed by atoms with Crippen LogP contribution < -0.4 is 5.73 Å². The van der Waals surface area contributed by atoms with E-state index in [0.717, 1.165) is 11.4 Å². The topological polar surface area (TPSA) is 56.7 Å². The number of hydrogen-bond donors (Lipinski definition) is 1. The summed E-state index contributed by atoms with van der Waals surface area (Å²) in [4.78, 5) is 8.04. The lowest BCUT2D eigenvalue weighted by Crippen LogP contribution is -1.97. The van der Waals surface area contributed by atoms with Gasteiger partial charge in [-0.05, 0) is 13.0 Å².